The summed E-state index contributed by atoms with van der Waals surface area (Å²) in [5, 5.41) is 3.55. The second-order valence-corrected chi connectivity index (χ2v) is 11.9. The molecule has 1 aliphatic rings. The second-order valence-electron chi connectivity index (χ2n) is 7.48. The summed E-state index contributed by atoms with van der Waals surface area (Å²) in [5.41, 5.74) is 5.43. The van der Waals surface area contributed by atoms with Crippen molar-refractivity contribution in [2.24, 2.45) is 10.7 Å². The number of nitrogens with two attached hydrogens (primary N) is 1. The molecule has 0 aliphatic carbocycles. The molecule has 1 unspecified atom stereocenters. The molecule has 0 spiro atoms. The molecule has 0 fully saturated rings. The molecule has 1 aliphatic heterocycles. The zero-order valence-electron chi connectivity index (χ0n) is 16.0. The third-order valence-corrected chi connectivity index (χ3v) is 9.58. The van der Waals surface area contributed by atoms with Gasteiger partial charge in [0.05, 0.1) is 32.8 Å². The normalized spacial score (nSPS) is 22.7. The molecule has 7 nitrogen and oxygen atoms in total. The lowest BCUT2D eigenvalue weighted by molar-refractivity contribution is 0.0954. The number of nitrogens with one attached hydrogen (secondary N) is 1. The van der Waals surface area contributed by atoms with Crippen molar-refractivity contribution in [2.45, 2.75) is 37.6 Å². The first-order valence-corrected chi connectivity index (χ1v) is 11.8. The van der Waals surface area contributed by atoms with Crippen LogP contribution in [0.4, 0.5) is 0 Å². The molecule has 3 heterocycles. The van der Waals surface area contributed by atoms with Gasteiger partial charge in [0.15, 0.2) is 9.84 Å². The standard InChI is InChI=1S/C18H20Cl2N4O3S2/c1-17(2)16(21)24-18(3,9-29(17,26)27)14-12(20)7-13(28-14)15(25)23-8-11-6-10(19)4-5-22-11/h4-7H,8-9H2,1-3H3,(H2,21,24)(H,23,25). The van der Waals surface area contributed by atoms with E-state index in [1.807, 2.05) is 0 Å². The molecule has 11 heteroatoms. The number of sulfone groups is 1. The van der Waals surface area contributed by atoms with E-state index in [0.29, 0.717) is 20.5 Å². The fourth-order valence-corrected chi connectivity index (χ4v) is 6.41. The minimum atomic E-state index is -3.57. The Bertz CT molecular complexity index is 1110. The number of thiophene rings is 1. The lowest BCUT2D eigenvalue weighted by Crippen LogP contribution is -2.54. The van der Waals surface area contributed by atoms with Gasteiger partial charge in [-0.25, -0.2) is 8.42 Å². The monoisotopic (exact) mass is 474 g/mol. The second kappa shape index (κ2) is 7.54. The van der Waals surface area contributed by atoms with Crippen molar-refractivity contribution < 1.29 is 13.2 Å². The van der Waals surface area contributed by atoms with Crippen LogP contribution in [0.25, 0.3) is 0 Å². The zero-order chi connectivity index (χ0) is 21.6. The maximum atomic E-state index is 12.7. The number of pyridine rings is 1. The lowest BCUT2D eigenvalue weighted by atomic mass is 10.0. The molecule has 3 N–H and O–H groups in total. The van der Waals surface area contributed by atoms with Crippen molar-refractivity contribution in [3.63, 3.8) is 0 Å². The molecule has 156 valence electrons. The van der Waals surface area contributed by atoms with E-state index in [2.05, 4.69) is 15.3 Å². The van der Waals surface area contributed by atoms with Crippen LogP contribution in [-0.2, 0) is 21.9 Å². The van der Waals surface area contributed by atoms with Crippen LogP contribution in [0.2, 0.25) is 10.0 Å². The number of aromatic nitrogens is 1. The van der Waals surface area contributed by atoms with Gasteiger partial charge in [-0.15, -0.1) is 11.3 Å². The van der Waals surface area contributed by atoms with Gasteiger partial charge in [-0.3, -0.25) is 14.8 Å². The molecule has 0 radical (unpaired) electrons. The number of hydrogen-bond acceptors (Lipinski definition) is 7. The van der Waals surface area contributed by atoms with Crippen molar-refractivity contribution in [1.82, 2.24) is 10.3 Å². The van der Waals surface area contributed by atoms with Gasteiger partial charge in [-0.05, 0) is 39.0 Å². The first kappa shape index (κ1) is 22.0. The van der Waals surface area contributed by atoms with Crippen molar-refractivity contribution >= 4 is 56.1 Å². The van der Waals surface area contributed by atoms with Crippen LogP contribution < -0.4 is 11.1 Å². The van der Waals surface area contributed by atoms with Gasteiger partial charge < -0.3 is 11.1 Å². The largest absolute Gasteiger partial charge is 0.386 e. The number of amidine groups is 1. The molecule has 0 aromatic carbocycles. The number of nitrogens with zero attached hydrogens (tertiary/aromatic N) is 2. The van der Waals surface area contributed by atoms with E-state index in [4.69, 9.17) is 28.9 Å². The average molecular weight is 475 g/mol. The number of carbonyl (C=O) groups is 1. The minimum absolute atomic E-state index is 0.0220. The van der Waals surface area contributed by atoms with Crippen LogP contribution >= 0.6 is 34.5 Å². The molecule has 2 aromatic rings. The van der Waals surface area contributed by atoms with E-state index in [-0.39, 0.29) is 29.1 Å². The van der Waals surface area contributed by atoms with Gasteiger partial charge in [-0.2, -0.15) is 0 Å². The summed E-state index contributed by atoms with van der Waals surface area (Å²) in [4.78, 5) is 22.0. The minimum Gasteiger partial charge on any atom is -0.386 e. The predicted molar refractivity (Wildman–Crippen MR) is 117 cm³/mol. The lowest BCUT2D eigenvalue weighted by Gasteiger charge is -2.37. The van der Waals surface area contributed by atoms with Crippen molar-refractivity contribution in [3.8, 4) is 0 Å². The number of rotatable bonds is 4. The SMILES string of the molecule is CC1(c2sc(C(=O)NCc3cc(Cl)ccn3)cc2Cl)CS(=O)(=O)C(C)(C)C(N)=N1. The van der Waals surface area contributed by atoms with Gasteiger partial charge in [0.1, 0.15) is 16.1 Å². The first-order chi connectivity index (χ1) is 13.4. The van der Waals surface area contributed by atoms with E-state index >= 15 is 0 Å². The van der Waals surface area contributed by atoms with Crippen molar-refractivity contribution in [3.05, 3.63) is 49.9 Å². The number of amides is 1. The average Bonchev–Trinajstić information content (AvgIpc) is 3.00. The van der Waals surface area contributed by atoms with Crippen LogP contribution in [0.3, 0.4) is 0 Å². The van der Waals surface area contributed by atoms with E-state index < -0.39 is 20.1 Å². The molecular formula is C18H20Cl2N4O3S2. The summed E-state index contributed by atoms with van der Waals surface area (Å²) in [6.45, 7) is 4.90. The number of aliphatic imine (C=N–C) groups is 1. The zero-order valence-corrected chi connectivity index (χ0v) is 19.1. The maximum Gasteiger partial charge on any atom is 0.261 e. The third-order valence-electron chi connectivity index (χ3n) is 4.84. The Balaban J connectivity index is 1.86. The Morgan fingerprint density at radius 2 is 2.00 bits per heavy atom. The molecule has 0 saturated carbocycles. The highest BCUT2D eigenvalue weighted by Gasteiger charge is 2.50. The molecule has 29 heavy (non-hydrogen) atoms. The van der Waals surface area contributed by atoms with Crippen LogP contribution in [-0.4, -0.2) is 35.6 Å². The molecule has 0 bridgehead atoms. The highest BCUT2D eigenvalue weighted by molar-refractivity contribution is 7.93. The number of halogens is 2. The van der Waals surface area contributed by atoms with Crippen molar-refractivity contribution in [2.75, 3.05) is 5.75 Å². The highest BCUT2D eigenvalue weighted by Crippen LogP contribution is 2.43. The quantitative estimate of drug-likeness (QED) is 0.705. The van der Waals surface area contributed by atoms with Crippen LogP contribution in [0, 0.1) is 0 Å². The van der Waals surface area contributed by atoms with Crippen LogP contribution in [0.5, 0.6) is 0 Å². The summed E-state index contributed by atoms with van der Waals surface area (Å²) in [5.74, 6) is -0.584. The molecule has 2 aromatic heterocycles. The Labute approximate surface area is 183 Å². The van der Waals surface area contributed by atoms with Crippen LogP contribution in [0.1, 0.15) is 41.0 Å². The molecule has 1 atom stereocenters. The number of carbonyl (C=O) groups excluding carboxylic acids is 1. The van der Waals surface area contributed by atoms with E-state index in [1.165, 1.54) is 19.9 Å². The van der Waals surface area contributed by atoms with Gasteiger partial charge in [0, 0.05) is 11.2 Å². The van der Waals surface area contributed by atoms with Gasteiger partial charge in [0.2, 0.25) is 0 Å². The summed E-state index contributed by atoms with van der Waals surface area (Å²) in [6, 6.07) is 4.80. The van der Waals surface area contributed by atoms with Gasteiger partial charge in [-0.1, -0.05) is 23.2 Å². The smallest absolute Gasteiger partial charge is 0.261 e. The molecule has 3 rings (SSSR count). The highest BCUT2D eigenvalue weighted by atomic mass is 35.5. The predicted octanol–water partition coefficient (Wildman–Crippen LogP) is 3.16. The Morgan fingerprint density at radius 1 is 1.31 bits per heavy atom. The maximum absolute atomic E-state index is 12.7. The fourth-order valence-electron chi connectivity index (χ4n) is 2.91. The number of hydrogen-bond donors (Lipinski definition) is 2. The summed E-state index contributed by atoms with van der Waals surface area (Å²) in [7, 11) is -3.57. The van der Waals surface area contributed by atoms with E-state index in [9.17, 15) is 13.2 Å². The Kier molecular flexibility index (Phi) is 5.72. The fraction of sp³-hybridized carbons (Fsp3) is 0.389. The topological polar surface area (TPSA) is 115 Å². The van der Waals surface area contributed by atoms with E-state index in [0.717, 1.165) is 11.3 Å². The van der Waals surface area contributed by atoms with Gasteiger partial charge in [0.25, 0.3) is 5.91 Å². The van der Waals surface area contributed by atoms with Crippen LogP contribution in [0.15, 0.2) is 29.4 Å². The third kappa shape index (κ3) is 4.14. The first-order valence-electron chi connectivity index (χ1n) is 8.62. The Morgan fingerprint density at radius 3 is 2.62 bits per heavy atom. The van der Waals surface area contributed by atoms with Crippen molar-refractivity contribution in [1.29, 1.82) is 0 Å². The van der Waals surface area contributed by atoms with Gasteiger partial charge >= 0.3 is 0 Å². The molecule has 0 saturated heterocycles. The summed E-state index contributed by atoms with van der Waals surface area (Å²) in [6.07, 6.45) is 1.55. The van der Waals surface area contributed by atoms with E-state index in [1.54, 1.807) is 25.3 Å². The molecular weight excluding hydrogens is 455 g/mol. The summed E-state index contributed by atoms with van der Waals surface area (Å²) >= 11 is 13.4. The Hall–Kier alpha value is -1.68. The molecule has 1 amide bonds. The summed E-state index contributed by atoms with van der Waals surface area (Å²) < 4.78 is 24.2.